The number of amides is 1. The van der Waals surface area contributed by atoms with E-state index in [0.717, 1.165) is 9.87 Å². The minimum Gasteiger partial charge on any atom is -0.352 e. The van der Waals surface area contributed by atoms with Gasteiger partial charge in [-0.25, -0.2) is 12.7 Å². The van der Waals surface area contributed by atoms with Gasteiger partial charge in [0.2, 0.25) is 15.9 Å². The van der Waals surface area contributed by atoms with Crippen LogP contribution in [0.25, 0.3) is 0 Å². The van der Waals surface area contributed by atoms with Gasteiger partial charge in [0.15, 0.2) is 0 Å². The summed E-state index contributed by atoms with van der Waals surface area (Å²) in [6.07, 6.45) is 0.124. The Labute approximate surface area is 157 Å². The molecule has 0 aromatic heterocycles. The number of halogens is 2. The zero-order chi connectivity index (χ0) is 18.6. The van der Waals surface area contributed by atoms with Gasteiger partial charge < -0.3 is 5.32 Å². The van der Waals surface area contributed by atoms with E-state index in [1.165, 1.54) is 20.2 Å². The first-order valence-corrected chi connectivity index (χ1v) is 9.62. The number of rotatable bonds is 6. The molecule has 2 rings (SSSR count). The van der Waals surface area contributed by atoms with Crippen LogP contribution in [0.1, 0.15) is 11.1 Å². The lowest BCUT2D eigenvalue weighted by Crippen LogP contribution is -2.27. The fraction of sp³-hybridized carbons (Fsp3) is 0.235. The monoisotopic (exact) mass is 400 g/mol. The number of nitrogens with one attached hydrogen (secondary N) is 1. The molecule has 0 saturated carbocycles. The zero-order valence-electron chi connectivity index (χ0n) is 13.8. The van der Waals surface area contributed by atoms with Gasteiger partial charge in [0.1, 0.15) is 0 Å². The predicted octanol–water partition coefficient (Wildman–Crippen LogP) is 3.10. The van der Waals surface area contributed by atoms with Gasteiger partial charge >= 0.3 is 0 Å². The van der Waals surface area contributed by atoms with Crippen molar-refractivity contribution < 1.29 is 13.2 Å². The number of carbonyl (C=O) groups excluding carboxylic acids is 1. The number of hydrogen-bond acceptors (Lipinski definition) is 3. The fourth-order valence-electron chi connectivity index (χ4n) is 2.19. The minimum absolute atomic E-state index is 0.114. The highest BCUT2D eigenvalue weighted by molar-refractivity contribution is 7.89. The summed E-state index contributed by atoms with van der Waals surface area (Å²) < 4.78 is 25.8. The van der Waals surface area contributed by atoms with E-state index in [1.807, 2.05) is 0 Å². The molecule has 0 atom stereocenters. The second-order valence-electron chi connectivity index (χ2n) is 5.60. The van der Waals surface area contributed by atoms with Crippen molar-refractivity contribution in [3.63, 3.8) is 0 Å². The molecule has 0 aliphatic heterocycles. The van der Waals surface area contributed by atoms with Crippen molar-refractivity contribution in [1.29, 1.82) is 0 Å². The van der Waals surface area contributed by atoms with E-state index >= 15 is 0 Å². The van der Waals surface area contributed by atoms with Crippen molar-refractivity contribution in [2.75, 3.05) is 14.1 Å². The van der Waals surface area contributed by atoms with Crippen molar-refractivity contribution in [2.24, 2.45) is 0 Å². The van der Waals surface area contributed by atoms with Gasteiger partial charge in [-0.3, -0.25) is 4.79 Å². The van der Waals surface area contributed by atoms with E-state index in [0.29, 0.717) is 15.6 Å². The normalized spacial score (nSPS) is 11.6. The highest BCUT2D eigenvalue weighted by Gasteiger charge is 2.20. The Hall–Kier alpha value is -1.60. The Morgan fingerprint density at radius 2 is 1.76 bits per heavy atom. The van der Waals surface area contributed by atoms with Gasteiger partial charge in [-0.05, 0) is 29.3 Å². The van der Waals surface area contributed by atoms with Crippen molar-refractivity contribution in [3.8, 4) is 0 Å². The number of benzene rings is 2. The number of hydrogen-bond donors (Lipinski definition) is 1. The SMILES string of the molecule is CN(C)S(=O)(=O)c1ccccc1CNC(=O)Cc1ccc(Cl)c(Cl)c1. The molecule has 0 fully saturated rings. The van der Waals surface area contributed by atoms with Crippen molar-refractivity contribution in [3.05, 3.63) is 63.6 Å². The molecule has 0 radical (unpaired) electrons. The largest absolute Gasteiger partial charge is 0.352 e. The van der Waals surface area contributed by atoms with Gasteiger partial charge in [0.05, 0.1) is 21.4 Å². The molecule has 0 saturated heterocycles. The van der Waals surface area contributed by atoms with E-state index in [9.17, 15) is 13.2 Å². The zero-order valence-corrected chi connectivity index (χ0v) is 16.1. The molecule has 5 nitrogen and oxygen atoms in total. The summed E-state index contributed by atoms with van der Waals surface area (Å²) >= 11 is 11.8. The molecule has 0 aliphatic rings. The smallest absolute Gasteiger partial charge is 0.242 e. The summed E-state index contributed by atoms with van der Waals surface area (Å²) in [7, 11) is -0.640. The maximum absolute atomic E-state index is 12.3. The molecule has 1 N–H and O–H groups in total. The Bertz CT molecular complexity index is 883. The fourth-order valence-corrected chi connectivity index (χ4v) is 3.63. The lowest BCUT2D eigenvalue weighted by molar-refractivity contribution is -0.120. The van der Waals surface area contributed by atoms with E-state index in [4.69, 9.17) is 23.2 Å². The van der Waals surface area contributed by atoms with Crippen LogP contribution >= 0.6 is 23.2 Å². The van der Waals surface area contributed by atoms with Gasteiger partial charge in [-0.15, -0.1) is 0 Å². The van der Waals surface area contributed by atoms with Crippen molar-refractivity contribution in [1.82, 2.24) is 9.62 Å². The first-order chi connectivity index (χ1) is 11.7. The third kappa shape index (κ3) is 4.95. The van der Waals surface area contributed by atoms with Crippen LogP contribution in [0.3, 0.4) is 0 Å². The topological polar surface area (TPSA) is 66.5 Å². The third-order valence-electron chi connectivity index (χ3n) is 3.56. The second kappa shape index (κ2) is 8.19. The quantitative estimate of drug-likeness (QED) is 0.809. The van der Waals surface area contributed by atoms with E-state index in [-0.39, 0.29) is 23.8 Å². The summed E-state index contributed by atoms with van der Waals surface area (Å²) in [6.45, 7) is 0.114. The van der Waals surface area contributed by atoms with Crippen molar-refractivity contribution in [2.45, 2.75) is 17.9 Å². The van der Waals surface area contributed by atoms with Crippen LogP contribution in [-0.4, -0.2) is 32.7 Å². The predicted molar refractivity (Wildman–Crippen MR) is 99.3 cm³/mol. The van der Waals surface area contributed by atoms with E-state index in [1.54, 1.807) is 36.4 Å². The van der Waals surface area contributed by atoms with Crippen LogP contribution in [0, 0.1) is 0 Å². The highest BCUT2D eigenvalue weighted by Crippen LogP contribution is 2.23. The van der Waals surface area contributed by atoms with Crippen LogP contribution in [0.5, 0.6) is 0 Å². The summed E-state index contributed by atoms with van der Waals surface area (Å²) in [5.74, 6) is -0.240. The molecule has 134 valence electrons. The number of sulfonamides is 1. The Balaban J connectivity index is 2.09. The molecule has 0 aliphatic carbocycles. The van der Waals surface area contributed by atoms with Crippen LogP contribution in [0.2, 0.25) is 10.0 Å². The lowest BCUT2D eigenvalue weighted by Gasteiger charge is -2.15. The molecule has 0 bridgehead atoms. The molecule has 2 aromatic rings. The Morgan fingerprint density at radius 3 is 2.40 bits per heavy atom. The third-order valence-corrected chi connectivity index (χ3v) is 6.21. The molecule has 2 aromatic carbocycles. The maximum Gasteiger partial charge on any atom is 0.242 e. The highest BCUT2D eigenvalue weighted by atomic mass is 35.5. The minimum atomic E-state index is -3.57. The average molecular weight is 401 g/mol. The van der Waals surface area contributed by atoms with E-state index < -0.39 is 10.0 Å². The molecule has 8 heteroatoms. The van der Waals surface area contributed by atoms with Crippen LogP contribution in [0.15, 0.2) is 47.4 Å². The molecule has 0 heterocycles. The summed E-state index contributed by atoms with van der Waals surface area (Å²) in [4.78, 5) is 12.3. The number of carbonyl (C=O) groups is 1. The Kier molecular flexibility index (Phi) is 6.46. The maximum atomic E-state index is 12.3. The van der Waals surface area contributed by atoms with Gasteiger partial charge in [0, 0.05) is 20.6 Å². The van der Waals surface area contributed by atoms with E-state index in [2.05, 4.69) is 5.32 Å². The standard InChI is InChI=1S/C17H18Cl2N2O3S/c1-21(2)25(23,24)16-6-4-3-5-13(16)11-20-17(22)10-12-7-8-14(18)15(19)9-12/h3-9H,10-11H2,1-2H3,(H,20,22). The molecule has 1 amide bonds. The Morgan fingerprint density at radius 1 is 1.08 bits per heavy atom. The summed E-state index contributed by atoms with van der Waals surface area (Å²) in [5, 5.41) is 3.54. The first-order valence-electron chi connectivity index (χ1n) is 7.43. The molecular weight excluding hydrogens is 383 g/mol. The van der Waals surface area contributed by atoms with Gasteiger partial charge in [-0.2, -0.15) is 0 Å². The lowest BCUT2D eigenvalue weighted by atomic mass is 10.1. The van der Waals surface area contributed by atoms with Crippen LogP contribution in [0.4, 0.5) is 0 Å². The van der Waals surface area contributed by atoms with Crippen LogP contribution in [-0.2, 0) is 27.8 Å². The van der Waals surface area contributed by atoms with Gasteiger partial charge in [0.25, 0.3) is 0 Å². The average Bonchev–Trinajstić information content (AvgIpc) is 2.56. The second-order valence-corrected chi connectivity index (χ2v) is 8.53. The summed E-state index contributed by atoms with van der Waals surface area (Å²) in [5.41, 5.74) is 1.25. The molecular formula is C17H18Cl2N2O3S. The molecule has 0 unspecified atom stereocenters. The van der Waals surface area contributed by atoms with Crippen LogP contribution < -0.4 is 5.32 Å². The molecule has 25 heavy (non-hydrogen) atoms. The summed E-state index contributed by atoms with van der Waals surface area (Å²) in [6, 6.07) is 11.6. The van der Waals surface area contributed by atoms with Crippen molar-refractivity contribution >= 4 is 39.1 Å². The number of nitrogens with zero attached hydrogens (tertiary/aromatic N) is 1. The molecule has 0 spiro atoms. The van der Waals surface area contributed by atoms with Gasteiger partial charge in [-0.1, -0.05) is 47.5 Å². The first kappa shape index (κ1) is 19.7.